The van der Waals surface area contributed by atoms with Crippen LogP contribution in [0.25, 0.3) is 0 Å². The van der Waals surface area contributed by atoms with Gasteiger partial charge in [-0.1, -0.05) is 6.07 Å². The summed E-state index contributed by atoms with van der Waals surface area (Å²) < 4.78 is 32.1. The highest BCUT2D eigenvalue weighted by atomic mass is 19.1. The number of amides is 1. The van der Waals surface area contributed by atoms with E-state index in [0.29, 0.717) is 24.5 Å². The van der Waals surface area contributed by atoms with Gasteiger partial charge in [0.25, 0.3) is 0 Å². The molecular weight excluding hydrogens is 431 g/mol. The van der Waals surface area contributed by atoms with E-state index in [2.05, 4.69) is 10.2 Å². The number of carbonyl (C=O) groups excluding carboxylic acids is 1. The first-order valence-corrected chi connectivity index (χ1v) is 11.7. The lowest BCUT2D eigenvalue weighted by Gasteiger charge is -2.41. The van der Waals surface area contributed by atoms with Crippen LogP contribution in [0.3, 0.4) is 0 Å². The summed E-state index contributed by atoms with van der Waals surface area (Å²) in [5, 5.41) is 12.0. The zero-order valence-corrected chi connectivity index (χ0v) is 19.1. The topological polar surface area (TPSA) is 97.3 Å². The van der Waals surface area contributed by atoms with Gasteiger partial charge < -0.3 is 24.6 Å². The summed E-state index contributed by atoms with van der Waals surface area (Å²) >= 11 is 0. The number of carbonyl (C=O) groups is 2. The molecule has 33 heavy (non-hydrogen) atoms. The Morgan fingerprint density at radius 2 is 2.12 bits per heavy atom. The van der Waals surface area contributed by atoms with Crippen molar-refractivity contribution in [3.63, 3.8) is 0 Å². The van der Waals surface area contributed by atoms with Crippen molar-refractivity contribution in [2.75, 3.05) is 40.0 Å². The summed E-state index contributed by atoms with van der Waals surface area (Å²) in [6, 6.07) is 4.78. The Kier molecular flexibility index (Phi) is 7.51. The van der Waals surface area contributed by atoms with Crippen LogP contribution in [0.15, 0.2) is 18.2 Å². The number of morpholine rings is 1. The van der Waals surface area contributed by atoms with Crippen molar-refractivity contribution in [2.45, 2.75) is 62.1 Å². The van der Waals surface area contributed by atoms with Crippen LogP contribution in [0, 0.1) is 5.82 Å². The highest BCUT2D eigenvalue weighted by molar-refractivity contribution is 5.79. The van der Waals surface area contributed by atoms with Crippen LogP contribution in [-0.4, -0.2) is 79.6 Å². The molecule has 0 radical (unpaired) electrons. The molecule has 4 rings (SSSR count). The number of halogens is 1. The summed E-state index contributed by atoms with van der Waals surface area (Å²) in [6.45, 7) is 2.02. The quantitative estimate of drug-likeness (QED) is 0.609. The van der Waals surface area contributed by atoms with Crippen molar-refractivity contribution in [1.82, 2.24) is 10.2 Å². The molecule has 8 nitrogen and oxygen atoms in total. The minimum absolute atomic E-state index is 0.0115. The third-order valence-electron chi connectivity index (χ3n) is 7.22. The van der Waals surface area contributed by atoms with E-state index >= 15 is 0 Å². The predicted octanol–water partition coefficient (Wildman–Crippen LogP) is 2.31. The zero-order chi connectivity index (χ0) is 23.4. The van der Waals surface area contributed by atoms with Crippen LogP contribution >= 0.6 is 0 Å². The van der Waals surface area contributed by atoms with Gasteiger partial charge in [0.15, 0.2) is 0 Å². The molecule has 1 aromatic rings. The first kappa shape index (κ1) is 23.9. The molecule has 1 saturated carbocycles. The Morgan fingerprint density at radius 1 is 1.33 bits per heavy atom. The average Bonchev–Trinajstić information content (AvgIpc) is 3.07. The molecule has 0 bridgehead atoms. The molecule has 2 unspecified atom stereocenters. The number of aliphatic carboxylic acids is 1. The van der Waals surface area contributed by atoms with Gasteiger partial charge in [-0.25, -0.2) is 4.39 Å². The van der Waals surface area contributed by atoms with Crippen LogP contribution in [0.2, 0.25) is 0 Å². The highest BCUT2D eigenvalue weighted by Gasteiger charge is 2.49. The number of likely N-dealkylation sites (tertiary alicyclic amines) is 1. The average molecular weight is 465 g/mol. The molecule has 2 saturated heterocycles. The molecule has 0 aromatic heterocycles. The van der Waals surface area contributed by atoms with Crippen LogP contribution in [0.4, 0.5) is 4.39 Å². The van der Waals surface area contributed by atoms with Crippen LogP contribution in [-0.2, 0) is 19.1 Å². The Morgan fingerprint density at radius 3 is 2.85 bits per heavy atom. The molecule has 9 heteroatoms. The first-order valence-electron chi connectivity index (χ1n) is 11.7. The second kappa shape index (κ2) is 10.4. The smallest absolute Gasteiger partial charge is 0.306 e. The lowest BCUT2D eigenvalue weighted by atomic mass is 9.82. The Balaban J connectivity index is 1.32. The van der Waals surface area contributed by atoms with Crippen molar-refractivity contribution in [3.05, 3.63) is 29.6 Å². The predicted molar refractivity (Wildman–Crippen MR) is 118 cm³/mol. The van der Waals surface area contributed by atoms with Gasteiger partial charge in [-0.05, 0) is 57.2 Å². The molecular formula is C24H33FN2O6. The van der Waals surface area contributed by atoms with Crippen molar-refractivity contribution >= 4 is 11.9 Å². The fourth-order valence-electron chi connectivity index (χ4n) is 5.43. The minimum Gasteiger partial charge on any atom is -0.493 e. The third kappa shape index (κ3) is 5.47. The number of carboxylic acid groups (broad SMARTS) is 1. The van der Waals surface area contributed by atoms with Crippen LogP contribution < -0.4 is 10.1 Å². The van der Waals surface area contributed by atoms with Gasteiger partial charge in [-0.15, -0.1) is 0 Å². The highest BCUT2D eigenvalue weighted by Crippen LogP contribution is 2.40. The number of nitrogens with zero attached hydrogens (tertiary/aromatic N) is 1. The second-order valence-corrected chi connectivity index (χ2v) is 9.39. The zero-order valence-electron chi connectivity index (χ0n) is 19.1. The molecule has 1 aliphatic carbocycles. The molecule has 3 aliphatic rings. The summed E-state index contributed by atoms with van der Waals surface area (Å²) in [5.41, 5.74) is 0.147. The normalized spacial score (nSPS) is 30.4. The molecule has 2 aliphatic heterocycles. The molecule has 1 amide bonds. The first-order chi connectivity index (χ1) is 15.9. The molecule has 2 atom stereocenters. The summed E-state index contributed by atoms with van der Waals surface area (Å²) in [6.07, 6.45) is 3.95. The van der Waals surface area contributed by atoms with Crippen molar-refractivity contribution < 1.29 is 33.3 Å². The largest absolute Gasteiger partial charge is 0.493 e. The number of benzene rings is 1. The Hall–Kier alpha value is -2.23. The number of likely N-dealkylation sites (N-methyl/N-ethyl adjacent to an activating group) is 1. The second-order valence-electron chi connectivity index (χ2n) is 9.39. The van der Waals surface area contributed by atoms with Crippen molar-refractivity contribution in [3.8, 4) is 5.75 Å². The number of hydrogen-bond acceptors (Lipinski definition) is 6. The molecule has 2 heterocycles. The van der Waals surface area contributed by atoms with Gasteiger partial charge in [0.05, 0.1) is 43.9 Å². The number of hydrogen-bond donors (Lipinski definition) is 2. The van der Waals surface area contributed by atoms with E-state index < -0.39 is 11.5 Å². The van der Waals surface area contributed by atoms with Gasteiger partial charge in [0.1, 0.15) is 18.2 Å². The van der Waals surface area contributed by atoms with Gasteiger partial charge in [-0.3, -0.25) is 14.5 Å². The lowest BCUT2D eigenvalue weighted by molar-refractivity contribution is -0.138. The van der Waals surface area contributed by atoms with Crippen molar-refractivity contribution in [2.24, 2.45) is 0 Å². The van der Waals surface area contributed by atoms with E-state index in [1.165, 1.54) is 6.07 Å². The standard InChI is InChI=1S/C24H33FN2O6/c1-27-11-10-24(15-31-14-21(28)26-24)20(27)13-33-17-7-5-16(6-8-17)23-18(25)3-2-4-19(23)32-12-9-22(29)30/h2-4,16-17,20H,5-15H2,1H3,(H,26,28)(H,29,30). The molecule has 3 fully saturated rings. The summed E-state index contributed by atoms with van der Waals surface area (Å²) in [5.74, 6) is -0.886. The summed E-state index contributed by atoms with van der Waals surface area (Å²) in [7, 11) is 2.05. The van der Waals surface area contributed by atoms with E-state index in [1.54, 1.807) is 12.1 Å². The van der Waals surface area contributed by atoms with Gasteiger partial charge in [-0.2, -0.15) is 0 Å². The van der Waals surface area contributed by atoms with E-state index in [4.69, 9.17) is 19.3 Å². The van der Waals surface area contributed by atoms with Crippen LogP contribution in [0.1, 0.15) is 50.0 Å². The summed E-state index contributed by atoms with van der Waals surface area (Å²) in [4.78, 5) is 24.9. The third-order valence-corrected chi connectivity index (χ3v) is 7.22. The minimum atomic E-state index is -0.945. The molecule has 1 spiro atoms. The number of ether oxygens (including phenoxy) is 3. The van der Waals surface area contributed by atoms with E-state index in [1.807, 2.05) is 7.05 Å². The maximum Gasteiger partial charge on any atom is 0.306 e. The molecule has 2 N–H and O–H groups in total. The van der Waals surface area contributed by atoms with Crippen LogP contribution in [0.5, 0.6) is 5.75 Å². The maximum absolute atomic E-state index is 14.7. The van der Waals surface area contributed by atoms with E-state index in [-0.39, 0.29) is 49.4 Å². The SMILES string of the molecule is CN1CCC2(COCC(=O)N2)C1COC1CCC(c2c(F)cccc2OCCC(=O)O)CC1. The molecule has 182 valence electrons. The van der Waals surface area contributed by atoms with Gasteiger partial charge >= 0.3 is 5.97 Å². The fourth-order valence-corrected chi connectivity index (χ4v) is 5.43. The number of carboxylic acids is 1. The van der Waals surface area contributed by atoms with Gasteiger partial charge in [0, 0.05) is 12.1 Å². The number of rotatable bonds is 8. The van der Waals surface area contributed by atoms with Crippen molar-refractivity contribution in [1.29, 1.82) is 0 Å². The van der Waals surface area contributed by atoms with E-state index in [9.17, 15) is 14.0 Å². The number of nitrogens with one attached hydrogen (secondary N) is 1. The maximum atomic E-state index is 14.7. The fraction of sp³-hybridized carbons (Fsp3) is 0.667. The monoisotopic (exact) mass is 464 g/mol. The Bertz CT molecular complexity index is 855. The van der Waals surface area contributed by atoms with Gasteiger partial charge in [0.2, 0.25) is 5.91 Å². The van der Waals surface area contributed by atoms with E-state index in [0.717, 1.165) is 38.6 Å². The lowest BCUT2D eigenvalue weighted by Crippen LogP contribution is -2.64. The Labute approximate surface area is 193 Å². The molecule has 1 aromatic carbocycles.